The Hall–Kier alpha value is -2.40. The Morgan fingerprint density at radius 3 is 2.48 bits per heavy atom. The zero-order chi connectivity index (χ0) is 16.8. The highest BCUT2D eigenvalue weighted by atomic mass is 19.1. The van der Waals surface area contributed by atoms with Crippen LogP contribution >= 0.6 is 0 Å². The Kier molecular flexibility index (Phi) is 5.71. The molecule has 5 heteroatoms. The highest BCUT2D eigenvalue weighted by molar-refractivity contribution is 5.94. The van der Waals surface area contributed by atoms with Gasteiger partial charge in [0, 0.05) is 18.2 Å². The molecule has 0 heterocycles. The predicted octanol–water partition coefficient (Wildman–Crippen LogP) is 3.47. The first-order chi connectivity index (χ1) is 11.0. The fourth-order valence-corrected chi connectivity index (χ4v) is 2.30. The molecule has 4 nitrogen and oxygen atoms in total. The van der Waals surface area contributed by atoms with Crippen molar-refractivity contribution in [1.29, 1.82) is 0 Å². The molecule has 2 aromatic rings. The summed E-state index contributed by atoms with van der Waals surface area (Å²) < 4.78 is 23.3. The topological polar surface area (TPSA) is 47.6 Å². The largest absolute Gasteiger partial charge is 0.496 e. The molecular formula is C18H20FNO3. The monoisotopic (exact) mass is 317 g/mol. The Labute approximate surface area is 135 Å². The van der Waals surface area contributed by atoms with E-state index in [4.69, 9.17) is 9.47 Å². The number of rotatable bonds is 6. The number of hydrogen-bond acceptors (Lipinski definition) is 3. The lowest BCUT2D eigenvalue weighted by Gasteiger charge is -2.15. The summed E-state index contributed by atoms with van der Waals surface area (Å²) >= 11 is 0. The van der Waals surface area contributed by atoms with E-state index in [2.05, 4.69) is 5.32 Å². The number of carbonyl (C=O) groups is 1. The van der Waals surface area contributed by atoms with Crippen molar-refractivity contribution in [3.8, 4) is 5.75 Å². The molecule has 1 N–H and O–H groups in total. The summed E-state index contributed by atoms with van der Waals surface area (Å²) in [5.74, 6) is 0.170. The van der Waals surface area contributed by atoms with Gasteiger partial charge >= 0.3 is 0 Å². The van der Waals surface area contributed by atoms with Gasteiger partial charge in [0.1, 0.15) is 11.6 Å². The first kappa shape index (κ1) is 17.0. The van der Waals surface area contributed by atoms with Gasteiger partial charge in [0.05, 0.1) is 19.8 Å². The van der Waals surface area contributed by atoms with Crippen molar-refractivity contribution in [3.05, 3.63) is 65.0 Å². The second-order valence-electron chi connectivity index (χ2n) is 5.21. The maximum atomic E-state index is 13.0. The highest BCUT2D eigenvalue weighted by Gasteiger charge is 2.14. The van der Waals surface area contributed by atoms with Gasteiger partial charge in [-0.05, 0) is 42.8 Å². The van der Waals surface area contributed by atoms with Gasteiger partial charge in [-0.2, -0.15) is 0 Å². The van der Waals surface area contributed by atoms with Gasteiger partial charge in [0.25, 0.3) is 5.91 Å². The van der Waals surface area contributed by atoms with Gasteiger partial charge in [-0.1, -0.05) is 12.1 Å². The van der Waals surface area contributed by atoms with E-state index in [1.165, 1.54) is 12.1 Å². The Bertz CT molecular complexity index is 670. The summed E-state index contributed by atoms with van der Waals surface area (Å²) in [5, 5.41) is 2.90. The molecule has 1 atom stereocenters. The summed E-state index contributed by atoms with van der Waals surface area (Å²) in [6, 6.07) is 11.0. The molecule has 0 aliphatic carbocycles. The highest BCUT2D eigenvalue weighted by Crippen LogP contribution is 2.21. The average molecular weight is 317 g/mol. The standard InChI is InChI=1S/C18H20FNO3/c1-12(13-4-7-16(19)8-5-13)20-18(21)14-6-9-17(23-3)15(10-14)11-22-2/h4-10,12H,11H2,1-3H3,(H,20,21)/t12-/m0/s1. The summed E-state index contributed by atoms with van der Waals surface area (Å²) in [4.78, 5) is 12.4. The normalized spacial score (nSPS) is 11.8. The van der Waals surface area contributed by atoms with Crippen LogP contribution in [0.15, 0.2) is 42.5 Å². The molecule has 0 spiro atoms. The zero-order valence-corrected chi connectivity index (χ0v) is 13.4. The molecule has 0 radical (unpaired) electrons. The van der Waals surface area contributed by atoms with Crippen LogP contribution in [0.5, 0.6) is 5.75 Å². The van der Waals surface area contributed by atoms with E-state index in [1.54, 1.807) is 44.6 Å². The van der Waals surface area contributed by atoms with Gasteiger partial charge in [0.2, 0.25) is 0 Å². The molecular weight excluding hydrogens is 297 g/mol. The predicted molar refractivity (Wildman–Crippen MR) is 86.0 cm³/mol. The zero-order valence-electron chi connectivity index (χ0n) is 13.4. The summed E-state index contributed by atoms with van der Waals surface area (Å²) in [5.41, 5.74) is 2.16. The molecule has 0 unspecified atom stereocenters. The molecule has 0 fully saturated rings. The van der Waals surface area contributed by atoms with Gasteiger partial charge < -0.3 is 14.8 Å². The van der Waals surface area contributed by atoms with Crippen LogP contribution in [-0.2, 0) is 11.3 Å². The first-order valence-corrected chi connectivity index (χ1v) is 7.27. The molecule has 23 heavy (non-hydrogen) atoms. The van der Waals surface area contributed by atoms with Crippen LogP contribution in [0.1, 0.15) is 34.5 Å². The number of methoxy groups -OCH3 is 2. The number of ether oxygens (including phenoxy) is 2. The Morgan fingerprint density at radius 1 is 1.17 bits per heavy atom. The van der Waals surface area contributed by atoms with E-state index in [1.807, 2.05) is 6.92 Å². The maximum absolute atomic E-state index is 13.0. The van der Waals surface area contributed by atoms with Crippen LogP contribution in [0.4, 0.5) is 4.39 Å². The lowest BCUT2D eigenvalue weighted by Crippen LogP contribution is -2.26. The Balaban J connectivity index is 2.13. The van der Waals surface area contributed by atoms with Crippen molar-refractivity contribution in [3.63, 3.8) is 0 Å². The van der Waals surface area contributed by atoms with Crippen LogP contribution in [0.25, 0.3) is 0 Å². The Morgan fingerprint density at radius 2 is 1.87 bits per heavy atom. The van der Waals surface area contributed by atoms with Gasteiger partial charge in [-0.25, -0.2) is 4.39 Å². The lowest BCUT2D eigenvalue weighted by atomic mass is 10.1. The maximum Gasteiger partial charge on any atom is 0.251 e. The van der Waals surface area contributed by atoms with E-state index in [0.29, 0.717) is 17.9 Å². The number of halogens is 1. The number of benzene rings is 2. The third kappa shape index (κ3) is 4.29. The summed E-state index contributed by atoms with van der Waals surface area (Å²) in [7, 11) is 3.16. The molecule has 2 aromatic carbocycles. The molecule has 1 amide bonds. The smallest absolute Gasteiger partial charge is 0.251 e. The second kappa shape index (κ2) is 7.74. The third-order valence-electron chi connectivity index (χ3n) is 3.56. The minimum atomic E-state index is -0.299. The molecule has 0 saturated heterocycles. The minimum absolute atomic E-state index is 0.207. The summed E-state index contributed by atoms with van der Waals surface area (Å²) in [6.45, 7) is 2.21. The second-order valence-corrected chi connectivity index (χ2v) is 5.21. The lowest BCUT2D eigenvalue weighted by molar-refractivity contribution is 0.0939. The van der Waals surface area contributed by atoms with Crippen molar-refractivity contribution >= 4 is 5.91 Å². The van der Waals surface area contributed by atoms with Crippen molar-refractivity contribution < 1.29 is 18.7 Å². The van der Waals surface area contributed by atoms with Crippen LogP contribution in [0.2, 0.25) is 0 Å². The average Bonchev–Trinajstić information content (AvgIpc) is 2.55. The molecule has 122 valence electrons. The number of carbonyl (C=O) groups excluding carboxylic acids is 1. The van der Waals surface area contributed by atoms with Crippen LogP contribution in [0.3, 0.4) is 0 Å². The van der Waals surface area contributed by atoms with Gasteiger partial charge in [-0.15, -0.1) is 0 Å². The number of hydrogen-bond donors (Lipinski definition) is 1. The van der Waals surface area contributed by atoms with E-state index < -0.39 is 0 Å². The third-order valence-corrected chi connectivity index (χ3v) is 3.56. The molecule has 0 aliphatic heterocycles. The van der Waals surface area contributed by atoms with E-state index >= 15 is 0 Å². The van der Waals surface area contributed by atoms with Crippen molar-refractivity contribution in [2.75, 3.05) is 14.2 Å². The van der Waals surface area contributed by atoms with Crippen molar-refractivity contribution in [1.82, 2.24) is 5.32 Å². The van der Waals surface area contributed by atoms with Crippen LogP contribution in [0, 0.1) is 5.82 Å². The van der Waals surface area contributed by atoms with Gasteiger partial charge in [0.15, 0.2) is 0 Å². The van der Waals surface area contributed by atoms with Gasteiger partial charge in [-0.3, -0.25) is 4.79 Å². The van der Waals surface area contributed by atoms with E-state index in [9.17, 15) is 9.18 Å². The molecule has 0 saturated carbocycles. The van der Waals surface area contributed by atoms with Crippen molar-refractivity contribution in [2.45, 2.75) is 19.6 Å². The van der Waals surface area contributed by atoms with E-state index in [0.717, 1.165) is 11.1 Å². The quantitative estimate of drug-likeness (QED) is 0.887. The first-order valence-electron chi connectivity index (χ1n) is 7.27. The molecule has 0 aliphatic rings. The van der Waals surface area contributed by atoms with Crippen LogP contribution in [-0.4, -0.2) is 20.1 Å². The SMILES string of the molecule is COCc1cc(C(=O)N[C@@H](C)c2ccc(F)cc2)ccc1OC. The number of amides is 1. The van der Waals surface area contributed by atoms with E-state index in [-0.39, 0.29) is 17.8 Å². The van der Waals surface area contributed by atoms with Crippen molar-refractivity contribution in [2.24, 2.45) is 0 Å². The summed E-state index contributed by atoms with van der Waals surface area (Å²) in [6.07, 6.45) is 0. The molecule has 2 rings (SSSR count). The van der Waals surface area contributed by atoms with Crippen LogP contribution < -0.4 is 10.1 Å². The molecule has 0 aromatic heterocycles. The number of nitrogens with one attached hydrogen (secondary N) is 1. The fourth-order valence-electron chi connectivity index (χ4n) is 2.30. The molecule has 0 bridgehead atoms. The fraction of sp³-hybridized carbons (Fsp3) is 0.278. The minimum Gasteiger partial charge on any atom is -0.496 e.